The minimum atomic E-state index is 0.594. The number of anilines is 1. The molecule has 108 valence electrons. The Bertz CT molecular complexity index is 734. The second-order valence-corrected chi connectivity index (χ2v) is 4.90. The molecule has 0 saturated heterocycles. The van der Waals surface area contributed by atoms with Gasteiger partial charge < -0.3 is 4.74 Å². The monoisotopic (exact) mass is 282 g/mol. The van der Waals surface area contributed by atoms with E-state index in [2.05, 4.69) is 28.2 Å². The minimum Gasteiger partial charge on any atom is -0.490 e. The Hall–Kier alpha value is -2.49. The maximum Gasteiger partial charge on any atom is 0.356 e. The molecule has 0 atom stereocenters. The summed E-state index contributed by atoms with van der Waals surface area (Å²) in [4.78, 5) is 0. The van der Waals surface area contributed by atoms with Gasteiger partial charge in [-0.1, -0.05) is 30.3 Å². The van der Waals surface area contributed by atoms with Crippen molar-refractivity contribution in [2.75, 3.05) is 12.3 Å². The Labute approximate surface area is 124 Å². The fraction of sp³-hybridized carbons (Fsp3) is 0.235. The highest BCUT2D eigenvalue weighted by Gasteiger charge is 2.19. The first-order chi connectivity index (χ1) is 10.3. The number of nitrogen functional groups attached to an aromatic ring is 1. The first-order valence-corrected chi connectivity index (χ1v) is 7.25. The lowest BCUT2D eigenvalue weighted by atomic mass is 10.3. The van der Waals surface area contributed by atoms with Crippen molar-refractivity contribution in [3.05, 3.63) is 54.6 Å². The van der Waals surface area contributed by atoms with Crippen molar-refractivity contribution >= 4 is 17.0 Å². The molecule has 0 aliphatic rings. The third-order valence-electron chi connectivity index (χ3n) is 3.66. The van der Waals surface area contributed by atoms with Gasteiger partial charge in [0, 0.05) is 0 Å². The van der Waals surface area contributed by atoms with Crippen LogP contribution in [0.25, 0.3) is 11.0 Å². The van der Waals surface area contributed by atoms with Crippen LogP contribution < -0.4 is 15.0 Å². The van der Waals surface area contributed by atoms with Crippen LogP contribution in [0.5, 0.6) is 5.75 Å². The number of nitrogens with two attached hydrogens (primary N) is 1. The first kappa shape index (κ1) is 13.5. The van der Waals surface area contributed by atoms with E-state index in [9.17, 15) is 0 Å². The van der Waals surface area contributed by atoms with Gasteiger partial charge in [-0.15, -0.1) is 0 Å². The maximum atomic E-state index is 6.28. The topological polar surface area (TPSA) is 44.1 Å². The Morgan fingerprint density at radius 1 is 1.05 bits per heavy atom. The van der Waals surface area contributed by atoms with E-state index in [1.54, 1.807) is 0 Å². The number of rotatable bonds is 5. The summed E-state index contributed by atoms with van der Waals surface area (Å²) >= 11 is 0. The normalized spacial score (nSPS) is 10.9. The van der Waals surface area contributed by atoms with Crippen molar-refractivity contribution in [3.63, 3.8) is 0 Å². The molecule has 1 aromatic heterocycles. The molecule has 3 rings (SSSR count). The van der Waals surface area contributed by atoms with Gasteiger partial charge in [0.25, 0.3) is 0 Å². The first-order valence-electron chi connectivity index (χ1n) is 7.25. The van der Waals surface area contributed by atoms with Crippen LogP contribution in [0.4, 0.5) is 5.95 Å². The molecule has 1 heterocycles. The van der Waals surface area contributed by atoms with E-state index in [0.717, 1.165) is 35.8 Å². The van der Waals surface area contributed by atoms with Gasteiger partial charge in [0.15, 0.2) is 0 Å². The van der Waals surface area contributed by atoms with Crippen molar-refractivity contribution in [2.45, 2.75) is 20.0 Å². The van der Waals surface area contributed by atoms with Gasteiger partial charge in [-0.25, -0.2) is 9.13 Å². The summed E-state index contributed by atoms with van der Waals surface area (Å²) in [6.45, 7) is 4.29. The highest BCUT2D eigenvalue weighted by Crippen LogP contribution is 2.15. The van der Waals surface area contributed by atoms with Crippen molar-refractivity contribution in [3.8, 4) is 5.75 Å². The Kier molecular flexibility index (Phi) is 3.77. The number of aromatic nitrogens is 2. The number of aryl methyl sites for hydroxylation is 1. The van der Waals surface area contributed by atoms with Crippen molar-refractivity contribution < 1.29 is 9.30 Å². The van der Waals surface area contributed by atoms with Gasteiger partial charge in [0.2, 0.25) is 0 Å². The lowest BCUT2D eigenvalue weighted by Crippen LogP contribution is -2.39. The smallest absolute Gasteiger partial charge is 0.356 e. The number of benzene rings is 2. The fourth-order valence-corrected chi connectivity index (χ4v) is 2.65. The molecular weight excluding hydrogens is 262 g/mol. The van der Waals surface area contributed by atoms with E-state index < -0.39 is 0 Å². The minimum absolute atomic E-state index is 0.594. The predicted molar refractivity (Wildman–Crippen MR) is 84.2 cm³/mol. The number of para-hydroxylation sites is 3. The standard InChI is InChI=1S/C17H19N3O/c1-2-19-15-10-6-7-11-16(15)20(17(19)18)12-13-21-14-8-4-3-5-9-14/h3-11,18H,2,12-13H2,1H3/p+1. The summed E-state index contributed by atoms with van der Waals surface area (Å²) in [5, 5.41) is 0. The zero-order valence-corrected chi connectivity index (χ0v) is 12.2. The number of hydrogen-bond donors (Lipinski definition) is 1. The number of nitrogens with zero attached hydrogens (tertiary/aromatic N) is 2. The summed E-state index contributed by atoms with van der Waals surface area (Å²) in [7, 11) is 0. The van der Waals surface area contributed by atoms with Crippen LogP contribution in [0, 0.1) is 0 Å². The van der Waals surface area contributed by atoms with Gasteiger partial charge in [-0.2, -0.15) is 0 Å². The molecule has 0 aliphatic heterocycles. The highest BCUT2D eigenvalue weighted by molar-refractivity contribution is 5.73. The molecule has 0 aliphatic carbocycles. The third kappa shape index (κ3) is 2.57. The molecule has 0 saturated carbocycles. The molecule has 3 aromatic rings. The van der Waals surface area contributed by atoms with Crippen LogP contribution in [0.3, 0.4) is 0 Å². The number of fused-ring (bicyclic) bond motifs is 1. The molecule has 21 heavy (non-hydrogen) atoms. The summed E-state index contributed by atoms with van der Waals surface area (Å²) in [6, 6.07) is 18.1. The average Bonchev–Trinajstić information content (AvgIpc) is 2.80. The van der Waals surface area contributed by atoms with Crippen LogP contribution in [0.2, 0.25) is 0 Å². The van der Waals surface area contributed by atoms with E-state index in [4.69, 9.17) is 10.5 Å². The average molecular weight is 282 g/mol. The van der Waals surface area contributed by atoms with Crippen LogP contribution in [-0.4, -0.2) is 11.2 Å². The quantitative estimate of drug-likeness (QED) is 0.731. The number of hydrogen-bond acceptors (Lipinski definition) is 2. The Balaban J connectivity index is 1.82. The highest BCUT2D eigenvalue weighted by atomic mass is 16.5. The second-order valence-electron chi connectivity index (χ2n) is 4.90. The van der Waals surface area contributed by atoms with E-state index in [1.165, 1.54) is 0 Å². The molecule has 0 fully saturated rings. The van der Waals surface area contributed by atoms with Crippen LogP contribution in [0.15, 0.2) is 54.6 Å². The van der Waals surface area contributed by atoms with E-state index in [-0.39, 0.29) is 0 Å². The molecule has 0 unspecified atom stereocenters. The maximum absolute atomic E-state index is 6.28. The largest absolute Gasteiger partial charge is 0.490 e. The summed E-state index contributed by atoms with van der Waals surface area (Å²) < 4.78 is 10.0. The third-order valence-corrected chi connectivity index (χ3v) is 3.66. The lowest BCUT2D eigenvalue weighted by Gasteiger charge is -2.05. The zero-order valence-electron chi connectivity index (χ0n) is 12.2. The van der Waals surface area contributed by atoms with Crippen LogP contribution in [0.1, 0.15) is 6.92 Å². The molecule has 4 heteroatoms. The van der Waals surface area contributed by atoms with Gasteiger partial charge in [-0.3, -0.25) is 5.73 Å². The van der Waals surface area contributed by atoms with Crippen molar-refractivity contribution in [2.24, 2.45) is 0 Å². The number of ether oxygens (including phenoxy) is 1. The lowest BCUT2D eigenvalue weighted by molar-refractivity contribution is -0.658. The molecular formula is C17H20N3O+. The van der Waals surface area contributed by atoms with Gasteiger partial charge in [-0.05, 0) is 31.2 Å². The molecule has 4 nitrogen and oxygen atoms in total. The van der Waals surface area contributed by atoms with Crippen LogP contribution in [-0.2, 0) is 13.1 Å². The zero-order chi connectivity index (χ0) is 14.7. The summed E-state index contributed by atoms with van der Waals surface area (Å²) in [5.41, 5.74) is 8.59. The molecule has 0 radical (unpaired) electrons. The van der Waals surface area contributed by atoms with Gasteiger partial charge in [0.05, 0.1) is 6.54 Å². The molecule has 2 N–H and O–H groups in total. The van der Waals surface area contributed by atoms with Gasteiger partial charge in [0.1, 0.15) is 29.9 Å². The van der Waals surface area contributed by atoms with E-state index in [1.807, 2.05) is 42.5 Å². The second kappa shape index (κ2) is 5.87. The van der Waals surface area contributed by atoms with E-state index >= 15 is 0 Å². The van der Waals surface area contributed by atoms with Crippen molar-refractivity contribution in [1.29, 1.82) is 0 Å². The predicted octanol–water partition coefficient (Wildman–Crippen LogP) is 2.61. The van der Waals surface area contributed by atoms with Crippen molar-refractivity contribution in [1.82, 2.24) is 4.57 Å². The molecule has 0 amide bonds. The van der Waals surface area contributed by atoms with E-state index in [0.29, 0.717) is 6.61 Å². The summed E-state index contributed by atoms with van der Waals surface area (Å²) in [6.07, 6.45) is 0. The molecule has 0 bridgehead atoms. The molecule has 0 spiro atoms. The summed E-state index contributed by atoms with van der Waals surface area (Å²) in [5.74, 6) is 1.66. The van der Waals surface area contributed by atoms with Crippen LogP contribution >= 0.6 is 0 Å². The Morgan fingerprint density at radius 2 is 1.76 bits per heavy atom. The van der Waals surface area contributed by atoms with Gasteiger partial charge >= 0.3 is 5.95 Å². The SMILES string of the molecule is CCn1c(N)[n+](CCOc2ccccc2)c2ccccc21. The Morgan fingerprint density at radius 3 is 2.52 bits per heavy atom. The molecule has 2 aromatic carbocycles. The number of imidazole rings is 1. The fourth-order valence-electron chi connectivity index (χ4n) is 2.65.